The molecule has 0 aliphatic carbocycles. The van der Waals surface area contributed by atoms with Gasteiger partial charge < -0.3 is 9.26 Å². The van der Waals surface area contributed by atoms with Gasteiger partial charge in [-0.2, -0.15) is 0 Å². The van der Waals surface area contributed by atoms with Crippen molar-refractivity contribution in [1.29, 1.82) is 0 Å². The fourth-order valence-electron chi connectivity index (χ4n) is 0.636. The van der Waals surface area contributed by atoms with E-state index in [0.717, 1.165) is 5.75 Å². The van der Waals surface area contributed by atoms with E-state index in [1.165, 1.54) is 0 Å². The molecule has 0 bridgehead atoms. The first kappa shape index (κ1) is 8.98. The fourth-order valence-corrected chi connectivity index (χ4v) is 1.02. The predicted molar refractivity (Wildman–Crippen MR) is 50.3 cm³/mol. The van der Waals surface area contributed by atoms with E-state index in [2.05, 4.69) is 15.5 Å². The van der Waals surface area contributed by atoms with Gasteiger partial charge in [0.25, 0.3) is 0 Å². The van der Waals surface area contributed by atoms with Crippen molar-refractivity contribution in [2.45, 2.75) is 0 Å². The summed E-state index contributed by atoms with van der Waals surface area (Å²) < 4.78 is 10.2. The Morgan fingerprint density at radius 2 is 2.00 bits per heavy atom. The lowest BCUT2D eigenvalue weighted by Crippen LogP contribution is -1.95. The summed E-state index contributed by atoms with van der Waals surface area (Å²) in [6.07, 6.45) is 0. The quantitative estimate of drug-likeness (QED) is 0.453. The number of rotatable bonds is 4. The number of para-hydroxylation sites is 1. The van der Waals surface area contributed by atoms with Crippen molar-refractivity contribution in [1.82, 2.24) is 0 Å². The van der Waals surface area contributed by atoms with Crippen LogP contribution < -0.4 is 4.74 Å². The number of hydrogen-bond donors (Lipinski definition) is 0. The molecule has 1 aromatic rings. The standard InChI is InChI=1S/C7H8BrO2P/c8-11-10-6-9-7-4-2-1-3-5-7/h1-5,11H,6H2. The van der Waals surface area contributed by atoms with Crippen LogP contribution in [0.4, 0.5) is 0 Å². The first-order chi connectivity index (χ1) is 5.43. The van der Waals surface area contributed by atoms with Crippen molar-refractivity contribution >= 4 is 23.0 Å². The lowest BCUT2D eigenvalue weighted by Gasteiger charge is -2.03. The normalized spacial score (nSPS) is 10.6. The summed E-state index contributed by atoms with van der Waals surface area (Å²) in [5.41, 5.74) is 0. The van der Waals surface area contributed by atoms with Crippen LogP contribution in [0.1, 0.15) is 0 Å². The molecule has 1 aromatic carbocycles. The molecule has 0 aromatic heterocycles. The Bertz CT molecular complexity index is 193. The van der Waals surface area contributed by atoms with Gasteiger partial charge in [-0.05, 0) is 27.6 Å². The Morgan fingerprint density at radius 1 is 1.27 bits per heavy atom. The smallest absolute Gasteiger partial charge is 0.193 e. The third-order valence-corrected chi connectivity index (χ3v) is 2.00. The highest BCUT2D eigenvalue weighted by atomic mass is 79.9. The van der Waals surface area contributed by atoms with Crippen molar-refractivity contribution in [3.8, 4) is 5.75 Å². The first-order valence-corrected chi connectivity index (χ1v) is 6.25. The second-order valence-corrected chi connectivity index (χ2v) is 3.21. The van der Waals surface area contributed by atoms with Crippen molar-refractivity contribution in [2.75, 3.05) is 6.79 Å². The minimum Gasteiger partial charge on any atom is -0.467 e. The molecular weight excluding hydrogens is 227 g/mol. The zero-order valence-electron chi connectivity index (χ0n) is 5.79. The first-order valence-electron chi connectivity index (χ1n) is 3.09. The van der Waals surface area contributed by atoms with Crippen LogP contribution in [0.3, 0.4) is 0 Å². The second kappa shape index (κ2) is 5.53. The van der Waals surface area contributed by atoms with Crippen LogP contribution in [0.15, 0.2) is 30.3 Å². The van der Waals surface area contributed by atoms with E-state index in [9.17, 15) is 0 Å². The summed E-state index contributed by atoms with van der Waals surface area (Å²) in [5, 5.41) is 0. The zero-order valence-corrected chi connectivity index (χ0v) is 8.37. The van der Waals surface area contributed by atoms with Crippen molar-refractivity contribution in [2.24, 2.45) is 0 Å². The maximum atomic E-state index is 5.20. The van der Waals surface area contributed by atoms with Gasteiger partial charge in [0.2, 0.25) is 0 Å². The van der Waals surface area contributed by atoms with Gasteiger partial charge in [0.15, 0.2) is 6.79 Å². The number of hydrogen-bond acceptors (Lipinski definition) is 2. The fraction of sp³-hybridized carbons (Fsp3) is 0.143. The summed E-state index contributed by atoms with van der Waals surface area (Å²) in [6.45, 7) is 0.299. The van der Waals surface area contributed by atoms with Crippen LogP contribution in [0.25, 0.3) is 0 Å². The van der Waals surface area contributed by atoms with E-state index < -0.39 is 0 Å². The van der Waals surface area contributed by atoms with Gasteiger partial charge in [-0.15, -0.1) is 0 Å². The maximum absolute atomic E-state index is 5.20. The molecule has 1 atom stereocenters. The lowest BCUT2D eigenvalue weighted by atomic mass is 10.3. The maximum Gasteiger partial charge on any atom is 0.193 e. The number of ether oxygens (including phenoxy) is 1. The molecule has 1 rings (SSSR count). The minimum atomic E-state index is 0.297. The molecule has 0 amide bonds. The minimum absolute atomic E-state index is 0.297. The summed E-state index contributed by atoms with van der Waals surface area (Å²) in [7, 11) is 0.297. The molecule has 60 valence electrons. The van der Waals surface area contributed by atoms with Crippen molar-refractivity contribution in [3.63, 3.8) is 0 Å². The summed E-state index contributed by atoms with van der Waals surface area (Å²) in [4.78, 5) is 0. The third-order valence-electron chi connectivity index (χ3n) is 1.08. The molecule has 0 aliphatic heterocycles. The molecule has 2 nitrogen and oxygen atoms in total. The Kier molecular flexibility index (Phi) is 4.51. The molecule has 0 N–H and O–H groups in total. The molecule has 0 aliphatic rings. The average molecular weight is 235 g/mol. The monoisotopic (exact) mass is 234 g/mol. The van der Waals surface area contributed by atoms with E-state index in [-0.39, 0.29) is 0 Å². The van der Waals surface area contributed by atoms with Gasteiger partial charge in [0.1, 0.15) is 5.75 Å². The predicted octanol–water partition coefficient (Wildman–Crippen LogP) is 2.94. The van der Waals surface area contributed by atoms with Gasteiger partial charge in [-0.1, -0.05) is 18.2 Å². The molecule has 0 saturated heterocycles. The summed E-state index contributed by atoms with van der Waals surface area (Å²) in [6, 6.07) is 9.57. The van der Waals surface area contributed by atoms with Crippen LogP contribution in [-0.4, -0.2) is 6.79 Å². The highest BCUT2D eigenvalue weighted by Crippen LogP contribution is 2.20. The van der Waals surface area contributed by atoms with Crippen LogP contribution in [0.5, 0.6) is 5.75 Å². The number of benzene rings is 1. The van der Waals surface area contributed by atoms with Crippen LogP contribution in [0.2, 0.25) is 0 Å². The largest absolute Gasteiger partial charge is 0.467 e. The SMILES string of the molecule is BrPOCOc1ccccc1. The average Bonchev–Trinajstić information content (AvgIpc) is 2.07. The molecule has 4 heteroatoms. The number of halogens is 1. The molecule has 1 unspecified atom stereocenters. The highest BCUT2D eigenvalue weighted by Gasteiger charge is 1.88. The van der Waals surface area contributed by atoms with Gasteiger partial charge in [0, 0.05) is 0 Å². The van der Waals surface area contributed by atoms with E-state index in [1.54, 1.807) is 0 Å². The van der Waals surface area contributed by atoms with Crippen LogP contribution in [0, 0.1) is 0 Å². The molecule has 0 heterocycles. The van der Waals surface area contributed by atoms with E-state index in [4.69, 9.17) is 9.26 Å². The summed E-state index contributed by atoms with van der Waals surface area (Å²) in [5.74, 6) is 0.832. The molecule has 0 fully saturated rings. The van der Waals surface area contributed by atoms with Crippen LogP contribution in [-0.2, 0) is 4.52 Å². The molecule has 0 saturated carbocycles. The third kappa shape index (κ3) is 3.71. The van der Waals surface area contributed by atoms with Gasteiger partial charge >= 0.3 is 0 Å². The van der Waals surface area contributed by atoms with Crippen molar-refractivity contribution in [3.05, 3.63) is 30.3 Å². The second-order valence-electron chi connectivity index (χ2n) is 1.80. The van der Waals surface area contributed by atoms with Gasteiger partial charge in [0.05, 0.1) is 7.51 Å². The molecule has 0 radical (unpaired) electrons. The summed E-state index contributed by atoms with van der Waals surface area (Å²) >= 11 is 3.15. The van der Waals surface area contributed by atoms with Gasteiger partial charge in [-0.25, -0.2) is 0 Å². The highest BCUT2D eigenvalue weighted by molar-refractivity contribution is 9.36. The molecular formula is C7H8BrO2P. The van der Waals surface area contributed by atoms with Gasteiger partial charge in [-0.3, -0.25) is 0 Å². The Balaban J connectivity index is 2.28. The van der Waals surface area contributed by atoms with Crippen LogP contribution >= 0.6 is 23.0 Å². The Labute approximate surface area is 75.5 Å². The topological polar surface area (TPSA) is 18.5 Å². The van der Waals surface area contributed by atoms with E-state index in [1.807, 2.05) is 30.3 Å². The lowest BCUT2D eigenvalue weighted by molar-refractivity contribution is 0.140. The van der Waals surface area contributed by atoms with Crippen molar-refractivity contribution < 1.29 is 9.26 Å². The zero-order chi connectivity index (χ0) is 7.94. The Morgan fingerprint density at radius 3 is 2.64 bits per heavy atom. The van der Waals surface area contributed by atoms with E-state index >= 15 is 0 Å². The molecule has 0 spiro atoms. The Hall–Kier alpha value is -0.110. The van der Waals surface area contributed by atoms with E-state index in [0.29, 0.717) is 14.3 Å². The molecule has 11 heavy (non-hydrogen) atoms.